The number of nitrogens with one attached hydrogen (secondary N) is 1. The predicted molar refractivity (Wildman–Crippen MR) is 153 cm³/mol. The molecule has 1 unspecified atom stereocenters. The summed E-state index contributed by atoms with van der Waals surface area (Å²) in [6.07, 6.45) is 3.14. The summed E-state index contributed by atoms with van der Waals surface area (Å²) in [5.41, 5.74) is 0.735. The van der Waals surface area contributed by atoms with Crippen LogP contribution in [0, 0.1) is 0 Å². The van der Waals surface area contributed by atoms with Crippen molar-refractivity contribution in [1.29, 1.82) is 0 Å². The molecule has 8 nitrogen and oxygen atoms in total. The van der Waals surface area contributed by atoms with Gasteiger partial charge < -0.3 is 24.6 Å². The number of likely N-dealkylation sites (tertiary alicyclic amines) is 1. The van der Waals surface area contributed by atoms with E-state index in [0.29, 0.717) is 32.5 Å². The van der Waals surface area contributed by atoms with Crippen molar-refractivity contribution >= 4 is 17.8 Å². The first-order valence-corrected chi connectivity index (χ1v) is 14.4. The Hall–Kier alpha value is -3.23. The van der Waals surface area contributed by atoms with Crippen LogP contribution in [0.25, 0.3) is 0 Å². The molecule has 0 radical (unpaired) electrons. The van der Waals surface area contributed by atoms with Crippen molar-refractivity contribution in [3.05, 3.63) is 71.8 Å². The number of ether oxygens (including phenoxy) is 2. The van der Waals surface area contributed by atoms with E-state index >= 15 is 0 Å². The molecule has 4 rings (SSSR count). The van der Waals surface area contributed by atoms with Gasteiger partial charge in [0.05, 0.1) is 19.6 Å². The average molecular weight is 550 g/mol. The van der Waals surface area contributed by atoms with E-state index in [1.165, 1.54) is 5.56 Å². The first kappa shape index (κ1) is 29.7. The van der Waals surface area contributed by atoms with Gasteiger partial charge in [-0.2, -0.15) is 0 Å². The molecule has 216 valence electrons. The summed E-state index contributed by atoms with van der Waals surface area (Å²) in [7, 11) is 0. The van der Waals surface area contributed by atoms with Crippen molar-refractivity contribution in [2.24, 2.45) is 0 Å². The highest BCUT2D eigenvalue weighted by Gasteiger charge is 2.53. The van der Waals surface area contributed by atoms with Gasteiger partial charge in [-0.1, -0.05) is 60.7 Å². The van der Waals surface area contributed by atoms with Crippen LogP contribution in [-0.4, -0.2) is 77.6 Å². The van der Waals surface area contributed by atoms with Crippen molar-refractivity contribution in [3.63, 3.8) is 0 Å². The van der Waals surface area contributed by atoms with Crippen LogP contribution < -0.4 is 5.32 Å². The Morgan fingerprint density at radius 1 is 0.950 bits per heavy atom. The van der Waals surface area contributed by atoms with Crippen molar-refractivity contribution in [3.8, 4) is 0 Å². The molecule has 1 atom stereocenters. The van der Waals surface area contributed by atoms with Gasteiger partial charge >= 0.3 is 5.97 Å². The fourth-order valence-electron chi connectivity index (χ4n) is 5.57. The van der Waals surface area contributed by atoms with Gasteiger partial charge in [-0.3, -0.25) is 14.4 Å². The summed E-state index contributed by atoms with van der Waals surface area (Å²) in [5, 5.41) is 2.96. The van der Waals surface area contributed by atoms with Gasteiger partial charge in [0.25, 0.3) is 0 Å². The quantitative estimate of drug-likeness (QED) is 0.430. The third-order valence-electron chi connectivity index (χ3n) is 7.63. The van der Waals surface area contributed by atoms with Gasteiger partial charge in [0.1, 0.15) is 17.2 Å². The highest BCUT2D eigenvalue weighted by molar-refractivity contribution is 6.00. The molecule has 8 heteroatoms. The summed E-state index contributed by atoms with van der Waals surface area (Å²) < 4.78 is 11.3. The average Bonchev–Trinajstić information content (AvgIpc) is 2.93. The van der Waals surface area contributed by atoms with Crippen LogP contribution in [0.3, 0.4) is 0 Å². The summed E-state index contributed by atoms with van der Waals surface area (Å²) in [5.74, 6) is -0.737. The molecular formula is C32H43N3O5. The van der Waals surface area contributed by atoms with E-state index in [-0.39, 0.29) is 37.4 Å². The summed E-state index contributed by atoms with van der Waals surface area (Å²) in [6, 6.07) is 19.4. The third-order valence-corrected chi connectivity index (χ3v) is 7.63. The molecule has 1 spiro atoms. The number of amides is 2. The molecule has 2 aliphatic heterocycles. The van der Waals surface area contributed by atoms with Crippen molar-refractivity contribution in [2.75, 3.05) is 32.8 Å². The first-order valence-electron chi connectivity index (χ1n) is 14.4. The number of benzene rings is 2. The summed E-state index contributed by atoms with van der Waals surface area (Å²) >= 11 is 0. The normalized spacial score (nSPS) is 19.5. The number of piperidine rings is 1. The zero-order chi connectivity index (χ0) is 28.6. The van der Waals surface area contributed by atoms with Gasteiger partial charge in [-0.15, -0.1) is 0 Å². The molecule has 2 aromatic rings. The highest BCUT2D eigenvalue weighted by atomic mass is 16.6. The standard InChI is InChI=1S/C32H43N3O5/c1-31(2,3)40-28(36)16-20-35-29(37)27(24-39-23-26-13-8-5-9-14-26)33-30(38)32(35)17-21-34(22-18-32)19-10-15-25-11-6-4-7-12-25/h4-9,11-14,27H,10,15-24H2,1-3H3,(H,33,38). The van der Waals surface area contributed by atoms with E-state index in [2.05, 4.69) is 34.5 Å². The topological polar surface area (TPSA) is 88.2 Å². The second-order valence-corrected chi connectivity index (χ2v) is 11.8. The van der Waals surface area contributed by atoms with Crippen LogP contribution >= 0.6 is 0 Å². The Kier molecular flexibility index (Phi) is 9.98. The molecule has 2 amide bonds. The maximum Gasteiger partial charge on any atom is 0.308 e. The Morgan fingerprint density at radius 2 is 1.57 bits per heavy atom. The lowest BCUT2D eigenvalue weighted by Gasteiger charge is -2.51. The van der Waals surface area contributed by atoms with E-state index in [1.54, 1.807) is 4.90 Å². The minimum Gasteiger partial charge on any atom is -0.460 e. The molecular weight excluding hydrogens is 506 g/mol. The van der Waals surface area contributed by atoms with Crippen molar-refractivity contribution in [1.82, 2.24) is 15.1 Å². The zero-order valence-corrected chi connectivity index (χ0v) is 24.1. The Bertz CT molecular complexity index is 1120. The molecule has 0 aliphatic carbocycles. The lowest BCUT2D eigenvalue weighted by atomic mass is 9.81. The van der Waals surface area contributed by atoms with E-state index < -0.39 is 17.2 Å². The SMILES string of the molecule is CC(C)(C)OC(=O)CCN1C(=O)C(COCc2ccccc2)NC(=O)C12CCN(CCCc1ccccc1)CC2. The van der Waals surface area contributed by atoms with Crippen LogP contribution in [0.1, 0.15) is 57.6 Å². The van der Waals surface area contributed by atoms with E-state index in [0.717, 1.165) is 24.9 Å². The zero-order valence-electron chi connectivity index (χ0n) is 24.1. The Balaban J connectivity index is 1.39. The van der Waals surface area contributed by atoms with Crippen molar-refractivity contribution in [2.45, 2.75) is 76.7 Å². The lowest BCUT2D eigenvalue weighted by Crippen LogP contribution is -2.73. The number of carbonyl (C=O) groups is 3. The number of nitrogens with zero attached hydrogens (tertiary/aromatic N) is 2. The lowest BCUT2D eigenvalue weighted by molar-refractivity contribution is -0.166. The van der Waals surface area contributed by atoms with Gasteiger partial charge in [-0.05, 0) is 64.1 Å². The number of aryl methyl sites for hydroxylation is 1. The molecule has 2 heterocycles. The van der Waals surface area contributed by atoms with E-state index in [4.69, 9.17) is 9.47 Å². The monoisotopic (exact) mass is 549 g/mol. The molecule has 0 saturated carbocycles. The third kappa shape index (κ3) is 7.92. The van der Waals surface area contributed by atoms with Crippen LogP contribution in [0.4, 0.5) is 0 Å². The van der Waals surface area contributed by atoms with Crippen LogP contribution in [0.2, 0.25) is 0 Å². The van der Waals surface area contributed by atoms with Gasteiger partial charge in [0, 0.05) is 19.6 Å². The molecule has 1 N–H and O–H groups in total. The molecule has 2 aliphatic rings. The fraction of sp³-hybridized carbons (Fsp3) is 0.531. The molecule has 0 bridgehead atoms. The predicted octanol–water partition coefficient (Wildman–Crippen LogP) is 3.73. The minimum atomic E-state index is -0.967. The molecule has 2 saturated heterocycles. The number of esters is 1. The summed E-state index contributed by atoms with van der Waals surface area (Å²) in [6.45, 7) is 8.39. The number of hydrogen-bond acceptors (Lipinski definition) is 6. The first-order chi connectivity index (χ1) is 19.2. The van der Waals surface area contributed by atoms with Crippen LogP contribution in [0.15, 0.2) is 60.7 Å². The van der Waals surface area contributed by atoms with E-state index in [1.807, 2.05) is 57.2 Å². The molecule has 2 fully saturated rings. The Morgan fingerprint density at radius 3 is 2.20 bits per heavy atom. The minimum absolute atomic E-state index is 0.0381. The second-order valence-electron chi connectivity index (χ2n) is 11.8. The largest absolute Gasteiger partial charge is 0.460 e. The van der Waals surface area contributed by atoms with Gasteiger partial charge in [0.15, 0.2) is 0 Å². The van der Waals surface area contributed by atoms with Crippen molar-refractivity contribution < 1.29 is 23.9 Å². The molecule has 2 aromatic carbocycles. The number of carbonyl (C=O) groups excluding carboxylic acids is 3. The number of rotatable bonds is 11. The van der Waals surface area contributed by atoms with Gasteiger partial charge in [0.2, 0.25) is 11.8 Å². The fourth-order valence-corrected chi connectivity index (χ4v) is 5.57. The maximum absolute atomic E-state index is 13.8. The van der Waals surface area contributed by atoms with E-state index in [9.17, 15) is 14.4 Å². The maximum atomic E-state index is 13.8. The molecule has 0 aromatic heterocycles. The summed E-state index contributed by atoms with van der Waals surface area (Å²) in [4.78, 5) is 44.0. The Labute approximate surface area is 238 Å². The number of hydrogen-bond donors (Lipinski definition) is 1. The van der Waals surface area contributed by atoms with Gasteiger partial charge in [-0.25, -0.2) is 0 Å². The highest BCUT2D eigenvalue weighted by Crippen LogP contribution is 2.33. The van der Waals surface area contributed by atoms with Crippen LogP contribution in [-0.2, 0) is 36.9 Å². The smallest absolute Gasteiger partial charge is 0.308 e. The number of piperazine rings is 1. The van der Waals surface area contributed by atoms with Crippen LogP contribution in [0.5, 0.6) is 0 Å². The second kappa shape index (κ2) is 13.4. The molecule has 40 heavy (non-hydrogen) atoms.